The number of halogens is 1. The van der Waals surface area contributed by atoms with E-state index in [1.807, 2.05) is 30.3 Å². The van der Waals surface area contributed by atoms with Gasteiger partial charge in [-0.15, -0.1) is 0 Å². The Balaban J connectivity index is 1.72. The molecule has 2 aromatic carbocycles. The molecule has 0 atom stereocenters. The second kappa shape index (κ2) is 12.5. The van der Waals surface area contributed by atoms with Gasteiger partial charge in [-0.05, 0) is 36.2 Å². The average molecular weight is 436 g/mol. The molecule has 0 aliphatic carbocycles. The lowest BCUT2D eigenvalue weighted by molar-refractivity contribution is -0.117. The van der Waals surface area contributed by atoms with E-state index in [-0.39, 0.29) is 18.1 Å². The van der Waals surface area contributed by atoms with Crippen LogP contribution in [0.2, 0.25) is 0 Å². The third kappa shape index (κ3) is 7.45. The number of hydrogen-bond donors (Lipinski definition) is 0. The van der Waals surface area contributed by atoms with Crippen LogP contribution in [-0.2, 0) is 11.2 Å². The molecule has 168 valence electrons. The summed E-state index contributed by atoms with van der Waals surface area (Å²) in [4.78, 5) is 16.5. The summed E-state index contributed by atoms with van der Waals surface area (Å²) < 4.78 is 20.8. The highest BCUT2D eigenvalue weighted by Crippen LogP contribution is 2.15. The first-order valence-electron chi connectivity index (χ1n) is 11.3. The van der Waals surface area contributed by atoms with Crippen LogP contribution in [0.25, 0.3) is 5.69 Å². The van der Waals surface area contributed by atoms with Gasteiger partial charge in [0, 0.05) is 6.07 Å². The molecular weight excluding hydrogens is 405 g/mol. The van der Waals surface area contributed by atoms with Gasteiger partial charge in [-0.2, -0.15) is 5.10 Å². The van der Waals surface area contributed by atoms with Gasteiger partial charge in [0.05, 0.1) is 30.3 Å². The third-order valence-corrected chi connectivity index (χ3v) is 5.06. The normalized spacial score (nSPS) is 11.5. The quantitative estimate of drug-likeness (QED) is 0.378. The summed E-state index contributed by atoms with van der Waals surface area (Å²) in [5.41, 5.74) is 1.58. The van der Waals surface area contributed by atoms with Crippen molar-refractivity contribution in [2.75, 3.05) is 6.61 Å². The van der Waals surface area contributed by atoms with Crippen molar-refractivity contribution in [2.45, 2.75) is 51.9 Å². The van der Waals surface area contributed by atoms with E-state index in [4.69, 9.17) is 4.74 Å². The van der Waals surface area contributed by atoms with E-state index in [0.29, 0.717) is 23.4 Å². The summed E-state index contributed by atoms with van der Waals surface area (Å²) in [7, 11) is 0. The molecule has 0 unspecified atom stereocenters. The molecule has 1 heterocycles. The Hall–Kier alpha value is -3.28. The molecule has 1 aromatic heterocycles. The molecule has 0 bridgehead atoms. The summed E-state index contributed by atoms with van der Waals surface area (Å²) >= 11 is 0. The zero-order valence-corrected chi connectivity index (χ0v) is 18.5. The number of rotatable bonds is 11. The fourth-order valence-electron chi connectivity index (χ4n) is 3.35. The standard InChI is InChI=1S/C26H30FN3O2/c1-2-3-4-5-6-10-17-32-26-19-23(20-28-30(26)24-11-8-7-9-12-24)29-25(31)18-21-13-15-22(27)16-14-21/h7-9,11-16,19-20H,2-6,10,17-18H2,1H3/b29-23-. The summed E-state index contributed by atoms with van der Waals surface area (Å²) in [6.07, 6.45) is 8.70. The molecule has 0 N–H and O–H groups in total. The van der Waals surface area contributed by atoms with Gasteiger partial charge in [-0.1, -0.05) is 69.4 Å². The Kier molecular flexibility index (Phi) is 9.17. The molecule has 0 saturated carbocycles. The number of para-hydroxylation sites is 1. The topological polar surface area (TPSA) is 56.5 Å². The number of nitrogens with zero attached hydrogens (tertiary/aromatic N) is 3. The fraction of sp³-hybridized carbons (Fsp3) is 0.346. The van der Waals surface area contributed by atoms with Crippen LogP contribution in [0.15, 0.2) is 71.9 Å². The first-order chi connectivity index (χ1) is 15.7. The maximum Gasteiger partial charge on any atom is 0.250 e. The van der Waals surface area contributed by atoms with Crippen LogP contribution < -0.4 is 10.1 Å². The molecule has 0 aliphatic rings. The van der Waals surface area contributed by atoms with Gasteiger partial charge in [0.1, 0.15) is 5.82 Å². The lowest BCUT2D eigenvalue weighted by Crippen LogP contribution is -2.16. The summed E-state index contributed by atoms with van der Waals surface area (Å²) in [5.74, 6) is -0.110. The smallest absolute Gasteiger partial charge is 0.250 e. The van der Waals surface area contributed by atoms with Crippen molar-refractivity contribution in [3.05, 3.63) is 83.6 Å². The van der Waals surface area contributed by atoms with E-state index < -0.39 is 0 Å². The summed E-state index contributed by atoms with van der Waals surface area (Å²) in [5, 5.41) is 4.89. The highest BCUT2D eigenvalue weighted by molar-refractivity contribution is 5.79. The number of unbranched alkanes of at least 4 members (excludes halogenated alkanes) is 5. The van der Waals surface area contributed by atoms with E-state index >= 15 is 0 Å². The van der Waals surface area contributed by atoms with Crippen molar-refractivity contribution < 1.29 is 13.9 Å². The van der Waals surface area contributed by atoms with Gasteiger partial charge < -0.3 is 4.74 Å². The number of aromatic nitrogens is 2. The van der Waals surface area contributed by atoms with Crippen molar-refractivity contribution in [1.82, 2.24) is 9.78 Å². The minimum absolute atomic E-state index is 0.0990. The van der Waals surface area contributed by atoms with Crippen molar-refractivity contribution in [3.8, 4) is 11.6 Å². The molecule has 0 spiro atoms. The Morgan fingerprint density at radius 2 is 1.72 bits per heavy atom. The molecule has 0 fully saturated rings. The maximum absolute atomic E-state index is 13.1. The molecule has 32 heavy (non-hydrogen) atoms. The Morgan fingerprint density at radius 3 is 2.47 bits per heavy atom. The number of amides is 1. The number of benzene rings is 2. The van der Waals surface area contributed by atoms with Crippen molar-refractivity contribution >= 4 is 5.91 Å². The minimum atomic E-state index is -0.331. The van der Waals surface area contributed by atoms with Crippen LogP contribution in [-0.4, -0.2) is 22.3 Å². The Morgan fingerprint density at radius 1 is 1.00 bits per heavy atom. The predicted octanol–water partition coefficient (Wildman–Crippen LogP) is 5.42. The molecular formula is C26H30FN3O2. The SMILES string of the molecule is CCCCCCCCOc1c/c(=N/C(=O)Cc2ccc(F)cc2)cnn1-c1ccccc1. The van der Waals surface area contributed by atoms with Crippen LogP contribution in [0.4, 0.5) is 4.39 Å². The maximum atomic E-state index is 13.1. The predicted molar refractivity (Wildman–Crippen MR) is 123 cm³/mol. The number of hydrogen-bond acceptors (Lipinski definition) is 3. The molecule has 3 rings (SSSR count). The zero-order chi connectivity index (χ0) is 22.6. The summed E-state index contributed by atoms with van der Waals surface area (Å²) in [6, 6.07) is 17.3. The Bertz CT molecular complexity index is 1050. The van der Waals surface area contributed by atoms with Crippen LogP contribution in [0.1, 0.15) is 51.0 Å². The fourth-order valence-corrected chi connectivity index (χ4v) is 3.35. The highest BCUT2D eigenvalue weighted by atomic mass is 19.1. The number of carbonyl (C=O) groups is 1. The van der Waals surface area contributed by atoms with E-state index in [1.54, 1.807) is 29.1 Å². The van der Waals surface area contributed by atoms with E-state index in [9.17, 15) is 9.18 Å². The van der Waals surface area contributed by atoms with Crippen molar-refractivity contribution in [2.24, 2.45) is 4.99 Å². The van der Waals surface area contributed by atoms with Crippen molar-refractivity contribution in [1.29, 1.82) is 0 Å². The van der Waals surface area contributed by atoms with E-state index in [1.165, 1.54) is 37.8 Å². The van der Waals surface area contributed by atoms with E-state index in [0.717, 1.165) is 18.5 Å². The number of ether oxygens (including phenoxy) is 1. The molecule has 1 amide bonds. The van der Waals surface area contributed by atoms with E-state index in [2.05, 4.69) is 17.0 Å². The monoisotopic (exact) mass is 435 g/mol. The van der Waals surface area contributed by atoms with Gasteiger partial charge in [0.25, 0.3) is 5.91 Å². The zero-order valence-electron chi connectivity index (χ0n) is 18.5. The van der Waals surface area contributed by atoms with Gasteiger partial charge in [-0.3, -0.25) is 4.79 Å². The molecule has 6 heteroatoms. The molecule has 5 nitrogen and oxygen atoms in total. The molecule has 0 aliphatic heterocycles. The lowest BCUT2D eigenvalue weighted by atomic mass is 10.1. The van der Waals surface area contributed by atoms with Crippen LogP contribution in [0.3, 0.4) is 0 Å². The van der Waals surface area contributed by atoms with Gasteiger partial charge in [0.2, 0.25) is 5.88 Å². The Labute approximate surface area is 188 Å². The lowest BCUT2D eigenvalue weighted by Gasteiger charge is -2.13. The second-order valence-electron chi connectivity index (χ2n) is 7.72. The van der Waals surface area contributed by atoms with Crippen molar-refractivity contribution in [3.63, 3.8) is 0 Å². The first-order valence-corrected chi connectivity index (χ1v) is 11.3. The van der Waals surface area contributed by atoms with Gasteiger partial charge in [0.15, 0.2) is 0 Å². The van der Waals surface area contributed by atoms with Gasteiger partial charge >= 0.3 is 0 Å². The van der Waals surface area contributed by atoms with Crippen LogP contribution >= 0.6 is 0 Å². The second-order valence-corrected chi connectivity index (χ2v) is 7.72. The van der Waals surface area contributed by atoms with Crippen LogP contribution in [0, 0.1) is 5.82 Å². The minimum Gasteiger partial charge on any atom is -0.478 e. The highest BCUT2D eigenvalue weighted by Gasteiger charge is 2.07. The third-order valence-electron chi connectivity index (χ3n) is 5.06. The van der Waals surface area contributed by atoms with Gasteiger partial charge in [-0.25, -0.2) is 14.1 Å². The summed E-state index contributed by atoms with van der Waals surface area (Å²) in [6.45, 7) is 2.79. The largest absolute Gasteiger partial charge is 0.478 e. The molecule has 0 radical (unpaired) electrons. The number of carbonyl (C=O) groups excluding carboxylic acids is 1. The molecule has 3 aromatic rings. The molecule has 0 saturated heterocycles. The average Bonchev–Trinajstić information content (AvgIpc) is 2.81. The first kappa shape index (κ1) is 23.4. The van der Waals surface area contributed by atoms with Crippen LogP contribution in [0.5, 0.6) is 5.88 Å².